The largest absolute Gasteiger partial charge is 0.464 e. The van der Waals surface area contributed by atoms with Crippen molar-refractivity contribution < 1.29 is 14.3 Å². The first kappa shape index (κ1) is 10.3. The standard InChI is InChI=1S/C13H13NO3/c1-8-3-2-4-9-7-14(12(15)11(8)9)10-5-6-17-13(10)16/h2-4,10H,5-7H2,1H3/t10-/m0/s1. The lowest BCUT2D eigenvalue weighted by Crippen LogP contribution is -2.38. The fraction of sp³-hybridized carbons (Fsp3) is 0.385. The van der Waals surface area contributed by atoms with E-state index in [1.54, 1.807) is 4.90 Å². The lowest BCUT2D eigenvalue weighted by Gasteiger charge is -2.19. The molecule has 3 rings (SSSR count). The van der Waals surface area contributed by atoms with Crippen LogP contribution in [0.4, 0.5) is 0 Å². The summed E-state index contributed by atoms with van der Waals surface area (Å²) in [4.78, 5) is 25.4. The SMILES string of the molecule is Cc1cccc2c1C(=O)N([C@H]1CCOC1=O)C2. The molecule has 2 heterocycles. The summed E-state index contributed by atoms with van der Waals surface area (Å²) in [6.07, 6.45) is 0.609. The summed E-state index contributed by atoms with van der Waals surface area (Å²) in [5.74, 6) is -0.314. The van der Waals surface area contributed by atoms with Gasteiger partial charge in [-0.25, -0.2) is 4.79 Å². The van der Waals surface area contributed by atoms with Crippen molar-refractivity contribution in [2.24, 2.45) is 0 Å². The number of ether oxygens (including phenoxy) is 1. The van der Waals surface area contributed by atoms with Crippen LogP contribution in [0, 0.1) is 6.92 Å². The third-order valence-electron chi connectivity index (χ3n) is 3.46. The summed E-state index contributed by atoms with van der Waals surface area (Å²) in [5.41, 5.74) is 2.74. The van der Waals surface area contributed by atoms with Crippen LogP contribution in [0.2, 0.25) is 0 Å². The van der Waals surface area contributed by atoms with Gasteiger partial charge in [-0.05, 0) is 18.1 Å². The fourth-order valence-corrected chi connectivity index (χ4v) is 2.59. The van der Waals surface area contributed by atoms with E-state index >= 15 is 0 Å². The molecule has 4 heteroatoms. The number of hydrogen-bond acceptors (Lipinski definition) is 3. The van der Waals surface area contributed by atoms with E-state index in [1.807, 2.05) is 25.1 Å². The van der Waals surface area contributed by atoms with Gasteiger partial charge in [0.15, 0.2) is 0 Å². The number of amides is 1. The average molecular weight is 231 g/mol. The molecule has 1 amide bonds. The van der Waals surface area contributed by atoms with Crippen LogP contribution in [0.1, 0.15) is 27.9 Å². The predicted octanol–water partition coefficient (Wildman–Crippen LogP) is 1.27. The number of fused-ring (bicyclic) bond motifs is 1. The highest BCUT2D eigenvalue weighted by molar-refractivity contribution is 6.01. The number of carbonyl (C=O) groups is 2. The molecule has 17 heavy (non-hydrogen) atoms. The first-order chi connectivity index (χ1) is 8.18. The maximum Gasteiger partial charge on any atom is 0.329 e. The molecule has 0 spiro atoms. The number of benzene rings is 1. The van der Waals surface area contributed by atoms with Crippen LogP contribution in [-0.4, -0.2) is 29.4 Å². The van der Waals surface area contributed by atoms with Crippen LogP contribution in [0.3, 0.4) is 0 Å². The molecule has 0 unspecified atom stereocenters. The van der Waals surface area contributed by atoms with Crippen molar-refractivity contribution in [2.75, 3.05) is 6.61 Å². The molecule has 0 aliphatic carbocycles. The van der Waals surface area contributed by atoms with E-state index in [1.165, 1.54) is 0 Å². The maximum atomic E-state index is 12.3. The number of esters is 1. The van der Waals surface area contributed by atoms with Gasteiger partial charge >= 0.3 is 5.97 Å². The second kappa shape index (κ2) is 3.58. The molecule has 0 saturated carbocycles. The average Bonchev–Trinajstić information content (AvgIpc) is 2.84. The molecule has 1 fully saturated rings. The van der Waals surface area contributed by atoms with Crippen molar-refractivity contribution in [3.63, 3.8) is 0 Å². The van der Waals surface area contributed by atoms with Gasteiger partial charge in [-0.3, -0.25) is 4.79 Å². The van der Waals surface area contributed by atoms with Crippen LogP contribution in [-0.2, 0) is 16.1 Å². The highest BCUT2D eigenvalue weighted by Crippen LogP contribution is 2.29. The second-order valence-electron chi connectivity index (χ2n) is 4.51. The lowest BCUT2D eigenvalue weighted by molar-refractivity contribution is -0.141. The molecule has 2 aliphatic heterocycles. The zero-order valence-corrected chi connectivity index (χ0v) is 9.60. The van der Waals surface area contributed by atoms with E-state index in [4.69, 9.17) is 4.74 Å². The van der Waals surface area contributed by atoms with Crippen molar-refractivity contribution in [1.29, 1.82) is 0 Å². The number of cyclic esters (lactones) is 1. The molecule has 1 atom stereocenters. The maximum absolute atomic E-state index is 12.3. The highest BCUT2D eigenvalue weighted by Gasteiger charge is 2.40. The molecule has 0 N–H and O–H groups in total. The monoisotopic (exact) mass is 231 g/mol. The topological polar surface area (TPSA) is 46.6 Å². The Morgan fingerprint density at radius 3 is 2.82 bits per heavy atom. The molecule has 2 aliphatic rings. The minimum atomic E-state index is -0.394. The first-order valence-electron chi connectivity index (χ1n) is 5.74. The Morgan fingerprint density at radius 1 is 1.35 bits per heavy atom. The molecule has 1 saturated heterocycles. The predicted molar refractivity (Wildman–Crippen MR) is 60.4 cm³/mol. The minimum Gasteiger partial charge on any atom is -0.464 e. The van der Waals surface area contributed by atoms with E-state index in [0.29, 0.717) is 19.6 Å². The Hall–Kier alpha value is -1.84. The summed E-state index contributed by atoms with van der Waals surface area (Å²) in [5, 5.41) is 0. The Kier molecular flexibility index (Phi) is 2.18. The van der Waals surface area contributed by atoms with E-state index in [2.05, 4.69) is 0 Å². The Labute approximate surface area is 99.2 Å². The smallest absolute Gasteiger partial charge is 0.329 e. The van der Waals surface area contributed by atoms with Crippen LogP contribution >= 0.6 is 0 Å². The van der Waals surface area contributed by atoms with Gasteiger partial charge in [0.05, 0.1) is 6.61 Å². The van der Waals surface area contributed by atoms with Crippen molar-refractivity contribution in [3.8, 4) is 0 Å². The normalized spacial score (nSPS) is 22.9. The van der Waals surface area contributed by atoms with Crippen LogP contribution in [0.25, 0.3) is 0 Å². The summed E-state index contributed by atoms with van der Waals surface area (Å²) in [6, 6.07) is 5.42. The van der Waals surface area contributed by atoms with Gasteiger partial charge in [-0.15, -0.1) is 0 Å². The molecule has 4 nitrogen and oxygen atoms in total. The van der Waals surface area contributed by atoms with Crippen LogP contribution in [0.15, 0.2) is 18.2 Å². The Balaban J connectivity index is 1.96. The Morgan fingerprint density at radius 2 is 2.18 bits per heavy atom. The number of hydrogen-bond donors (Lipinski definition) is 0. The van der Waals surface area contributed by atoms with Crippen molar-refractivity contribution >= 4 is 11.9 Å². The molecule has 0 aromatic heterocycles. The third-order valence-corrected chi connectivity index (χ3v) is 3.46. The lowest BCUT2D eigenvalue weighted by atomic mass is 10.0. The second-order valence-corrected chi connectivity index (χ2v) is 4.51. The van der Waals surface area contributed by atoms with Gasteiger partial charge in [-0.2, -0.15) is 0 Å². The summed E-state index contributed by atoms with van der Waals surface area (Å²) >= 11 is 0. The summed E-state index contributed by atoms with van der Waals surface area (Å²) in [6.45, 7) is 2.87. The van der Waals surface area contributed by atoms with E-state index in [9.17, 15) is 9.59 Å². The summed E-state index contributed by atoms with van der Waals surface area (Å²) < 4.78 is 4.92. The number of rotatable bonds is 1. The van der Waals surface area contributed by atoms with Crippen molar-refractivity contribution in [1.82, 2.24) is 4.90 Å². The van der Waals surface area contributed by atoms with Gasteiger partial charge in [0.25, 0.3) is 5.91 Å². The van der Waals surface area contributed by atoms with E-state index < -0.39 is 6.04 Å². The van der Waals surface area contributed by atoms with E-state index in [0.717, 1.165) is 16.7 Å². The van der Waals surface area contributed by atoms with Crippen LogP contribution in [0.5, 0.6) is 0 Å². The molecule has 88 valence electrons. The minimum absolute atomic E-state index is 0.0399. The van der Waals surface area contributed by atoms with Crippen molar-refractivity contribution in [2.45, 2.75) is 25.9 Å². The first-order valence-corrected chi connectivity index (χ1v) is 5.74. The van der Waals surface area contributed by atoms with Gasteiger partial charge < -0.3 is 9.64 Å². The Bertz CT molecular complexity index is 509. The van der Waals surface area contributed by atoms with E-state index in [-0.39, 0.29) is 11.9 Å². The molecular weight excluding hydrogens is 218 g/mol. The quantitative estimate of drug-likeness (QED) is 0.684. The van der Waals surface area contributed by atoms with Crippen LogP contribution < -0.4 is 0 Å². The van der Waals surface area contributed by atoms with Gasteiger partial charge in [0.2, 0.25) is 0 Å². The van der Waals surface area contributed by atoms with Crippen molar-refractivity contribution in [3.05, 3.63) is 34.9 Å². The molecule has 1 aromatic carbocycles. The number of carbonyl (C=O) groups excluding carboxylic acids is 2. The van der Waals surface area contributed by atoms with Gasteiger partial charge in [0.1, 0.15) is 6.04 Å². The highest BCUT2D eigenvalue weighted by atomic mass is 16.5. The summed E-state index contributed by atoms with van der Waals surface area (Å²) in [7, 11) is 0. The van der Waals surface area contributed by atoms with Gasteiger partial charge in [-0.1, -0.05) is 18.2 Å². The molecule has 0 bridgehead atoms. The molecule has 1 aromatic rings. The third kappa shape index (κ3) is 1.44. The zero-order valence-electron chi connectivity index (χ0n) is 9.60. The molecular formula is C13H13NO3. The number of aryl methyl sites for hydroxylation is 1. The zero-order chi connectivity index (χ0) is 12.0. The van der Waals surface area contributed by atoms with Gasteiger partial charge in [0, 0.05) is 18.5 Å². The number of nitrogens with zero attached hydrogens (tertiary/aromatic N) is 1. The molecule has 0 radical (unpaired) electrons. The fourth-order valence-electron chi connectivity index (χ4n) is 2.59.